The van der Waals surface area contributed by atoms with Gasteiger partial charge in [-0.25, -0.2) is 0 Å². The second-order valence-electron chi connectivity index (χ2n) is 4.88. The van der Waals surface area contributed by atoms with Crippen molar-refractivity contribution in [1.29, 1.82) is 0 Å². The van der Waals surface area contributed by atoms with E-state index in [1.54, 1.807) is 0 Å². The van der Waals surface area contributed by atoms with Crippen LogP contribution in [0.4, 0.5) is 5.69 Å². The summed E-state index contributed by atoms with van der Waals surface area (Å²) in [6, 6.07) is 1.39. The van der Waals surface area contributed by atoms with Crippen molar-refractivity contribution in [3.63, 3.8) is 0 Å². The molecular weight excluding hydrogens is 234 g/mol. The summed E-state index contributed by atoms with van der Waals surface area (Å²) >= 11 is 0. The molecule has 18 heavy (non-hydrogen) atoms. The molecule has 0 bridgehead atoms. The summed E-state index contributed by atoms with van der Waals surface area (Å²) in [5.41, 5.74) is -0.434. The van der Waals surface area contributed by atoms with Gasteiger partial charge in [-0.05, 0) is 0 Å². The lowest BCUT2D eigenvalue weighted by Gasteiger charge is -2.24. The normalized spacial score (nSPS) is 30.1. The van der Waals surface area contributed by atoms with Crippen LogP contribution in [-0.2, 0) is 9.53 Å². The van der Waals surface area contributed by atoms with Gasteiger partial charge in [0, 0.05) is 37.5 Å². The second-order valence-corrected chi connectivity index (χ2v) is 4.88. The maximum Gasteiger partial charge on any atom is 0.234 e. The largest absolute Gasteiger partial charge is 0.380 e. The maximum absolute atomic E-state index is 12.4. The predicted molar refractivity (Wildman–Crippen MR) is 65.3 cm³/mol. The van der Waals surface area contributed by atoms with Crippen LogP contribution in [0.15, 0.2) is 23.3 Å². The van der Waals surface area contributed by atoms with Gasteiger partial charge in [-0.2, -0.15) is 0 Å². The van der Waals surface area contributed by atoms with Crippen LogP contribution < -0.4 is 16.1 Å². The zero-order chi connectivity index (χ0) is 12.6. The Morgan fingerprint density at radius 2 is 2.44 bits per heavy atom. The fraction of sp³-hybridized carbons (Fsp3) is 0.500. The number of rotatable bonds is 2. The van der Waals surface area contributed by atoms with E-state index in [0.29, 0.717) is 19.8 Å². The molecule has 0 aromatic carbocycles. The summed E-state index contributed by atoms with van der Waals surface area (Å²) in [5.74, 6) is 0.0620. The van der Waals surface area contributed by atoms with E-state index < -0.39 is 5.41 Å². The Morgan fingerprint density at radius 3 is 3.28 bits per heavy atom. The molecule has 0 saturated carbocycles. The summed E-state index contributed by atoms with van der Waals surface area (Å²) in [6.45, 7) is 2.42. The van der Waals surface area contributed by atoms with Gasteiger partial charge in [0.1, 0.15) is 5.69 Å². The highest BCUT2D eigenvalue weighted by Crippen LogP contribution is 2.38. The van der Waals surface area contributed by atoms with E-state index >= 15 is 0 Å². The van der Waals surface area contributed by atoms with Crippen LogP contribution in [0.2, 0.25) is 0 Å². The van der Waals surface area contributed by atoms with Crippen LogP contribution in [0.1, 0.15) is 0 Å². The Hall–Kier alpha value is -1.66. The first-order valence-electron chi connectivity index (χ1n) is 5.99. The van der Waals surface area contributed by atoms with E-state index in [4.69, 9.17) is 4.74 Å². The van der Waals surface area contributed by atoms with Crippen molar-refractivity contribution < 1.29 is 9.53 Å². The molecule has 6 heteroatoms. The van der Waals surface area contributed by atoms with Crippen molar-refractivity contribution in [2.45, 2.75) is 0 Å². The molecule has 6 nitrogen and oxygen atoms in total. The molecule has 96 valence electrons. The molecule has 0 aliphatic carbocycles. The smallest absolute Gasteiger partial charge is 0.234 e. The average molecular weight is 249 g/mol. The number of hydrogen-bond acceptors (Lipinski definition) is 4. The Labute approximate surface area is 104 Å². The minimum atomic E-state index is -0.526. The molecular formula is C12H15N3O3. The second kappa shape index (κ2) is 4.22. The number of amides is 1. The average Bonchev–Trinajstić information content (AvgIpc) is 2.91. The molecule has 0 radical (unpaired) electrons. The van der Waals surface area contributed by atoms with E-state index in [2.05, 4.69) is 15.6 Å². The van der Waals surface area contributed by atoms with Crippen molar-refractivity contribution in [3.8, 4) is 0 Å². The summed E-state index contributed by atoms with van der Waals surface area (Å²) in [6.07, 6.45) is 3.04. The molecule has 1 aromatic heterocycles. The molecule has 1 aromatic rings. The van der Waals surface area contributed by atoms with E-state index in [0.717, 1.165) is 6.54 Å². The molecule has 2 fully saturated rings. The van der Waals surface area contributed by atoms with Gasteiger partial charge < -0.3 is 20.4 Å². The number of carbonyl (C=O) groups is 1. The van der Waals surface area contributed by atoms with Crippen LogP contribution in [0.25, 0.3) is 0 Å². The highest BCUT2D eigenvalue weighted by molar-refractivity contribution is 5.96. The lowest BCUT2D eigenvalue weighted by Crippen LogP contribution is -2.43. The van der Waals surface area contributed by atoms with Gasteiger partial charge in [-0.1, -0.05) is 0 Å². The number of nitrogens with one attached hydrogen (secondary N) is 3. The van der Waals surface area contributed by atoms with Gasteiger partial charge in [-0.3, -0.25) is 9.59 Å². The maximum atomic E-state index is 12.4. The number of aromatic amines is 1. The first-order valence-corrected chi connectivity index (χ1v) is 5.99. The van der Waals surface area contributed by atoms with Crippen molar-refractivity contribution in [2.24, 2.45) is 11.3 Å². The van der Waals surface area contributed by atoms with Gasteiger partial charge in [0.2, 0.25) is 11.3 Å². The third-order valence-corrected chi connectivity index (χ3v) is 3.82. The van der Waals surface area contributed by atoms with Gasteiger partial charge in [-0.15, -0.1) is 0 Å². The number of hydrogen-bond donors (Lipinski definition) is 3. The lowest BCUT2D eigenvalue weighted by atomic mass is 9.80. The lowest BCUT2D eigenvalue weighted by molar-refractivity contribution is -0.125. The SMILES string of the molecule is O=C(Nc1c[nH]ccc1=O)[C@]12CNC[C@H]1COC2. The van der Waals surface area contributed by atoms with Crippen LogP contribution in [0.3, 0.4) is 0 Å². The molecule has 2 atom stereocenters. The monoisotopic (exact) mass is 249 g/mol. The molecule has 0 unspecified atom stereocenters. The molecule has 1 amide bonds. The molecule has 2 aliphatic rings. The van der Waals surface area contributed by atoms with Crippen LogP contribution >= 0.6 is 0 Å². The Kier molecular flexibility index (Phi) is 2.68. The number of aromatic nitrogens is 1. The molecule has 2 saturated heterocycles. The van der Waals surface area contributed by atoms with Crippen LogP contribution in [0.5, 0.6) is 0 Å². The van der Waals surface area contributed by atoms with E-state index in [1.807, 2.05) is 0 Å². The fourth-order valence-electron chi connectivity index (χ4n) is 2.67. The van der Waals surface area contributed by atoms with Crippen molar-refractivity contribution >= 4 is 11.6 Å². The van der Waals surface area contributed by atoms with E-state index in [9.17, 15) is 9.59 Å². The Balaban J connectivity index is 1.83. The van der Waals surface area contributed by atoms with Crippen molar-refractivity contribution in [2.75, 3.05) is 31.6 Å². The number of ether oxygens (including phenoxy) is 1. The summed E-state index contributed by atoms with van der Waals surface area (Å²) in [4.78, 5) is 26.8. The summed E-state index contributed by atoms with van der Waals surface area (Å²) in [5, 5.41) is 5.93. The molecule has 0 spiro atoms. The van der Waals surface area contributed by atoms with Crippen molar-refractivity contribution in [3.05, 3.63) is 28.7 Å². The zero-order valence-corrected chi connectivity index (χ0v) is 9.86. The minimum Gasteiger partial charge on any atom is -0.380 e. The van der Waals surface area contributed by atoms with Crippen LogP contribution in [0, 0.1) is 11.3 Å². The number of anilines is 1. The first kappa shape index (κ1) is 11.4. The number of pyridine rings is 1. The quantitative estimate of drug-likeness (QED) is 0.663. The highest BCUT2D eigenvalue weighted by atomic mass is 16.5. The number of carbonyl (C=O) groups excluding carboxylic acids is 1. The molecule has 3 N–H and O–H groups in total. The third kappa shape index (κ3) is 1.65. The third-order valence-electron chi connectivity index (χ3n) is 3.82. The fourth-order valence-corrected chi connectivity index (χ4v) is 2.67. The highest BCUT2D eigenvalue weighted by Gasteiger charge is 2.53. The minimum absolute atomic E-state index is 0.133. The Bertz CT molecular complexity index is 515. The van der Waals surface area contributed by atoms with Gasteiger partial charge in [0.05, 0.1) is 18.6 Å². The summed E-state index contributed by atoms with van der Waals surface area (Å²) in [7, 11) is 0. The van der Waals surface area contributed by atoms with Crippen molar-refractivity contribution in [1.82, 2.24) is 10.3 Å². The van der Waals surface area contributed by atoms with E-state index in [1.165, 1.54) is 18.5 Å². The number of fused-ring (bicyclic) bond motifs is 1. The summed E-state index contributed by atoms with van der Waals surface area (Å²) < 4.78 is 5.42. The van der Waals surface area contributed by atoms with Gasteiger partial charge >= 0.3 is 0 Å². The molecule has 3 heterocycles. The number of H-pyrrole nitrogens is 1. The van der Waals surface area contributed by atoms with E-state index in [-0.39, 0.29) is 22.9 Å². The molecule has 2 aliphatic heterocycles. The Morgan fingerprint density at radius 1 is 1.56 bits per heavy atom. The van der Waals surface area contributed by atoms with Crippen LogP contribution in [-0.4, -0.2) is 37.2 Å². The first-order chi connectivity index (χ1) is 8.72. The topological polar surface area (TPSA) is 83.2 Å². The zero-order valence-electron chi connectivity index (χ0n) is 9.86. The standard InChI is InChI=1S/C12H15N3O3/c16-10-1-2-13-4-9(10)15-11(17)12-6-14-3-8(12)5-18-7-12/h1-2,4,8,14H,3,5-7H2,(H,13,16)(H,15,17)/t8-,12-/m0/s1. The molecule has 3 rings (SSSR count). The van der Waals surface area contributed by atoms with Gasteiger partial charge in [0.25, 0.3) is 0 Å². The van der Waals surface area contributed by atoms with Gasteiger partial charge in [0.15, 0.2) is 0 Å². The predicted octanol–water partition coefficient (Wildman–Crippen LogP) is -0.451.